The summed E-state index contributed by atoms with van der Waals surface area (Å²) in [5.74, 6) is 0.438. The molecule has 14 heteroatoms. The average molecular weight is 693 g/mol. The van der Waals surface area contributed by atoms with Crippen molar-refractivity contribution in [3.8, 4) is 24.1 Å². The lowest BCUT2D eigenvalue weighted by Crippen LogP contribution is -2.58. The number of hydrogen-bond acceptors (Lipinski definition) is 10. The molecular weight excluding hydrogens is 654 g/mol. The van der Waals surface area contributed by atoms with Gasteiger partial charge in [0, 0.05) is 49.1 Å². The zero-order valence-electron chi connectivity index (χ0n) is 27.4. The van der Waals surface area contributed by atoms with E-state index in [-0.39, 0.29) is 69.6 Å². The molecule has 49 heavy (non-hydrogen) atoms. The van der Waals surface area contributed by atoms with Crippen molar-refractivity contribution in [2.45, 2.75) is 36.6 Å². The molecule has 0 atom stereocenters. The SMILES string of the molecule is C#Cc1c(F)ccc2cc(O)cc(C3=C(F)c4nc(OCC5(CN(C)C)CC5)nc(N5CCC6(CC5)CNC6)c4S(=O)(=O)N3C3COC3)c12. The number of benzene rings is 2. The zero-order valence-corrected chi connectivity index (χ0v) is 28.2. The van der Waals surface area contributed by atoms with E-state index in [1.54, 1.807) is 0 Å². The molecule has 2 aromatic carbocycles. The molecule has 0 bridgehead atoms. The minimum Gasteiger partial charge on any atom is -0.508 e. The summed E-state index contributed by atoms with van der Waals surface area (Å²) in [6, 6.07) is 4.24. The number of terminal acetylenes is 1. The topological polar surface area (TPSA) is 120 Å². The predicted molar refractivity (Wildman–Crippen MR) is 180 cm³/mol. The van der Waals surface area contributed by atoms with Gasteiger partial charge in [-0.1, -0.05) is 12.0 Å². The highest BCUT2D eigenvalue weighted by molar-refractivity contribution is 7.89. The van der Waals surface area contributed by atoms with Crippen LogP contribution in [0.5, 0.6) is 11.8 Å². The van der Waals surface area contributed by atoms with Gasteiger partial charge in [0.2, 0.25) is 0 Å². The quantitative estimate of drug-likeness (QED) is 0.339. The van der Waals surface area contributed by atoms with Gasteiger partial charge >= 0.3 is 6.01 Å². The molecule has 11 nitrogen and oxygen atoms in total. The Morgan fingerprint density at radius 2 is 1.88 bits per heavy atom. The van der Waals surface area contributed by atoms with Crippen molar-refractivity contribution in [1.82, 2.24) is 24.5 Å². The number of aromatic nitrogens is 2. The lowest BCUT2D eigenvalue weighted by molar-refractivity contribution is -0.0232. The van der Waals surface area contributed by atoms with Gasteiger partial charge in [-0.25, -0.2) is 17.2 Å². The normalized spacial score (nSPS) is 22.1. The van der Waals surface area contributed by atoms with Crippen LogP contribution in [0, 0.1) is 29.0 Å². The number of nitrogens with one attached hydrogen (secondary N) is 1. The van der Waals surface area contributed by atoms with Crippen LogP contribution >= 0.6 is 0 Å². The van der Waals surface area contributed by atoms with Crippen LogP contribution in [0.3, 0.4) is 0 Å². The summed E-state index contributed by atoms with van der Waals surface area (Å²) in [5.41, 5.74) is -1.05. The molecule has 1 aliphatic carbocycles. The molecule has 1 spiro atoms. The Balaban J connectivity index is 1.34. The summed E-state index contributed by atoms with van der Waals surface area (Å²) < 4.78 is 75.2. The van der Waals surface area contributed by atoms with Gasteiger partial charge in [0.25, 0.3) is 10.0 Å². The number of phenols is 1. The van der Waals surface area contributed by atoms with E-state index >= 15 is 8.78 Å². The number of fused-ring (bicyclic) bond motifs is 2. The van der Waals surface area contributed by atoms with Crippen LogP contribution < -0.4 is 15.0 Å². The molecule has 3 saturated heterocycles. The number of hydrogen-bond donors (Lipinski definition) is 2. The molecule has 4 fully saturated rings. The molecule has 4 aliphatic heterocycles. The molecule has 2 N–H and O–H groups in total. The van der Waals surface area contributed by atoms with Crippen LogP contribution in [0.1, 0.15) is 42.5 Å². The summed E-state index contributed by atoms with van der Waals surface area (Å²) in [7, 11) is -0.584. The van der Waals surface area contributed by atoms with Gasteiger partial charge in [0.05, 0.1) is 37.1 Å². The largest absolute Gasteiger partial charge is 0.508 e. The van der Waals surface area contributed by atoms with Gasteiger partial charge in [0.15, 0.2) is 16.5 Å². The van der Waals surface area contributed by atoms with Crippen molar-refractivity contribution in [3.63, 3.8) is 0 Å². The minimum atomic E-state index is -4.56. The fraction of sp³-hybridized carbons (Fsp3) is 0.486. The maximum Gasteiger partial charge on any atom is 0.319 e. The molecule has 1 aromatic heterocycles. The van der Waals surface area contributed by atoms with E-state index < -0.39 is 39.1 Å². The molecule has 3 aromatic rings. The van der Waals surface area contributed by atoms with Crippen LogP contribution in [-0.4, -0.2) is 105 Å². The van der Waals surface area contributed by atoms with Crippen LogP contribution in [0.15, 0.2) is 29.2 Å². The summed E-state index contributed by atoms with van der Waals surface area (Å²) in [5, 5.41) is 14.5. The van der Waals surface area contributed by atoms with Gasteiger partial charge in [-0.15, -0.1) is 6.42 Å². The maximum atomic E-state index is 17.5. The number of ether oxygens (including phenoxy) is 2. The van der Waals surface area contributed by atoms with E-state index in [4.69, 9.17) is 20.9 Å². The first-order valence-corrected chi connectivity index (χ1v) is 18.0. The fourth-order valence-corrected chi connectivity index (χ4v) is 9.59. The third-order valence-electron chi connectivity index (χ3n) is 10.6. The van der Waals surface area contributed by atoms with Gasteiger partial charge in [0.1, 0.15) is 17.3 Å². The predicted octanol–water partition coefficient (Wildman–Crippen LogP) is 3.56. The Labute approximate surface area is 283 Å². The van der Waals surface area contributed by atoms with Gasteiger partial charge in [-0.2, -0.15) is 9.97 Å². The van der Waals surface area contributed by atoms with Crippen molar-refractivity contribution in [2.24, 2.45) is 10.8 Å². The first-order chi connectivity index (χ1) is 23.4. The van der Waals surface area contributed by atoms with E-state index in [0.717, 1.165) is 55.7 Å². The van der Waals surface area contributed by atoms with Crippen molar-refractivity contribution in [3.05, 3.63) is 46.9 Å². The Morgan fingerprint density at radius 1 is 1.14 bits per heavy atom. The Kier molecular flexibility index (Phi) is 7.56. The summed E-state index contributed by atoms with van der Waals surface area (Å²) >= 11 is 0. The first kappa shape index (κ1) is 32.2. The standard InChI is InChI=1S/C35H38F2N6O5S/c1-4-24-26(36)6-5-21-13-23(44)14-25(27(21)24)30-28(37)29-31(49(45,46)43(30)22-15-47-16-22)32(42-11-9-34(10-12-42)17-38-18-34)40-33(39-29)48-20-35(7-8-35)19-41(2)3/h1,5-6,13-14,22,38,44H,7-12,15-20H2,2-3H3. The van der Waals surface area contributed by atoms with E-state index in [1.807, 2.05) is 19.0 Å². The Morgan fingerprint density at radius 3 is 2.47 bits per heavy atom. The third kappa shape index (κ3) is 5.29. The highest BCUT2D eigenvalue weighted by atomic mass is 32.2. The number of rotatable bonds is 8. The zero-order chi connectivity index (χ0) is 34.3. The van der Waals surface area contributed by atoms with Gasteiger partial charge < -0.3 is 29.7 Å². The van der Waals surface area contributed by atoms with Gasteiger partial charge in [-0.3, -0.25) is 4.31 Å². The van der Waals surface area contributed by atoms with Crippen LogP contribution in [0.2, 0.25) is 0 Å². The summed E-state index contributed by atoms with van der Waals surface area (Å²) in [4.78, 5) is 12.8. The number of anilines is 1. The molecule has 0 radical (unpaired) electrons. The van der Waals surface area contributed by atoms with Gasteiger partial charge in [-0.05, 0) is 68.8 Å². The van der Waals surface area contributed by atoms with Crippen LogP contribution in [-0.2, 0) is 14.8 Å². The summed E-state index contributed by atoms with van der Waals surface area (Å²) in [6.45, 7) is 3.93. The lowest BCUT2D eigenvalue weighted by Gasteiger charge is -2.49. The molecule has 5 heterocycles. The fourth-order valence-electron chi connectivity index (χ4n) is 7.68. The third-order valence-corrected chi connectivity index (χ3v) is 12.5. The van der Waals surface area contributed by atoms with Crippen LogP contribution in [0.4, 0.5) is 14.6 Å². The van der Waals surface area contributed by atoms with Crippen LogP contribution in [0.25, 0.3) is 22.3 Å². The van der Waals surface area contributed by atoms with Crippen molar-refractivity contribution >= 4 is 38.1 Å². The minimum absolute atomic E-state index is 0.00300. The number of aromatic hydroxyl groups is 1. The molecule has 1 saturated carbocycles. The Hall–Kier alpha value is -4.03. The van der Waals surface area contributed by atoms with E-state index in [1.165, 1.54) is 18.2 Å². The first-order valence-electron chi connectivity index (χ1n) is 16.5. The van der Waals surface area contributed by atoms with E-state index in [2.05, 4.69) is 21.1 Å². The summed E-state index contributed by atoms with van der Waals surface area (Å²) in [6.07, 6.45) is 9.29. The highest BCUT2D eigenvalue weighted by Crippen LogP contribution is 2.50. The number of halogens is 2. The molecule has 0 amide bonds. The highest BCUT2D eigenvalue weighted by Gasteiger charge is 2.50. The Bertz CT molecular complexity index is 2040. The monoisotopic (exact) mass is 692 g/mol. The number of sulfonamides is 1. The maximum absolute atomic E-state index is 17.5. The average Bonchev–Trinajstić information content (AvgIpc) is 3.79. The van der Waals surface area contributed by atoms with Crippen molar-refractivity contribution < 1.29 is 31.8 Å². The molecule has 0 unspecified atom stereocenters. The number of phenolic OH excluding ortho intramolecular Hbond substituents is 1. The molecular formula is C35H38F2N6O5S. The molecule has 258 valence electrons. The smallest absolute Gasteiger partial charge is 0.319 e. The van der Waals surface area contributed by atoms with E-state index in [9.17, 15) is 13.5 Å². The lowest BCUT2D eigenvalue weighted by atomic mass is 9.73. The second-order valence-electron chi connectivity index (χ2n) is 14.4. The van der Waals surface area contributed by atoms with E-state index in [0.29, 0.717) is 18.5 Å². The molecule has 8 rings (SSSR count). The number of piperidine rings is 1. The number of nitrogens with zero attached hydrogens (tertiary/aromatic N) is 5. The van der Waals surface area contributed by atoms with Crippen molar-refractivity contribution in [2.75, 3.05) is 71.5 Å². The molecule has 5 aliphatic rings. The second kappa shape index (κ2) is 11.5. The van der Waals surface area contributed by atoms with Crippen molar-refractivity contribution in [1.29, 1.82) is 0 Å². The second-order valence-corrected chi connectivity index (χ2v) is 16.2.